The lowest BCUT2D eigenvalue weighted by Gasteiger charge is -2.23. The highest BCUT2D eigenvalue weighted by molar-refractivity contribution is 6.01. The van der Waals surface area contributed by atoms with Gasteiger partial charge in [-0.3, -0.25) is 4.79 Å². The summed E-state index contributed by atoms with van der Waals surface area (Å²) >= 11 is 0. The third kappa shape index (κ3) is 3.53. The molecular formula is C21H24N2O2. The normalized spacial score (nSPS) is 11.7. The lowest BCUT2D eigenvalue weighted by molar-refractivity contribution is -0.120. The van der Waals surface area contributed by atoms with Crippen molar-refractivity contribution < 1.29 is 9.53 Å². The number of hydrogen-bond donors (Lipinski definition) is 2. The number of anilines is 1. The molecule has 0 unspecified atom stereocenters. The summed E-state index contributed by atoms with van der Waals surface area (Å²) in [5.74, 6) is 0.749. The molecule has 0 atom stereocenters. The van der Waals surface area contributed by atoms with Crippen LogP contribution in [0.15, 0.2) is 54.7 Å². The summed E-state index contributed by atoms with van der Waals surface area (Å²) < 4.78 is 5.63. The van der Waals surface area contributed by atoms with Crippen LogP contribution in [0.1, 0.15) is 33.3 Å². The molecule has 3 aromatic rings. The van der Waals surface area contributed by atoms with Gasteiger partial charge in [-0.2, -0.15) is 0 Å². The molecule has 2 aromatic carbocycles. The Morgan fingerprint density at radius 1 is 1.08 bits per heavy atom. The number of ether oxygens (including phenoxy) is 1. The number of rotatable bonds is 5. The molecule has 3 rings (SSSR count). The van der Waals surface area contributed by atoms with E-state index in [1.165, 1.54) is 0 Å². The monoisotopic (exact) mass is 336 g/mol. The van der Waals surface area contributed by atoms with E-state index in [1.807, 2.05) is 82.4 Å². The van der Waals surface area contributed by atoms with Crippen molar-refractivity contribution in [2.75, 3.05) is 5.32 Å². The maximum Gasteiger partial charge on any atom is 0.234 e. The van der Waals surface area contributed by atoms with E-state index >= 15 is 0 Å². The summed E-state index contributed by atoms with van der Waals surface area (Å²) in [5, 5.41) is 4.08. The molecule has 0 saturated heterocycles. The molecule has 130 valence electrons. The molecule has 25 heavy (non-hydrogen) atoms. The van der Waals surface area contributed by atoms with Crippen molar-refractivity contribution >= 4 is 22.5 Å². The van der Waals surface area contributed by atoms with Crippen molar-refractivity contribution in [3.05, 3.63) is 60.3 Å². The van der Waals surface area contributed by atoms with Gasteiger partial charge in [0.1, 0.15) is 5.75 Å². The van der Waals surface area contributed by atoms with Gasteiger partial charge in [-0.15, -0.1) is 0 Å². The summed E-state index contributed by atoms with van der Waals surface area (Å²) in [6, 6.07) is 15.5. The van der Waals surface area contributed by atoms with E-state index in [2.05, 4.69) is 10.3 Å². The summed E-state index contributed by atoms with van der Waals surface area (Å²) in [6.45, 7) is 7.85. The molecule has 0 fully saturated rings. The standard InChI is InChI=1S/C21H24N2O2/c1-14(2)25-16-11-9-15(10-12-16)23-20(24)21(3,4)18-13-22-19-8-6-5-7-17(18)19/h5-14,22H,1-4H3,(H,23,24). The topological polar surface area (TPSA) is 54.1 Å². The fraction of sp³-hybridized carbons (Fsp3) is 0.286. The average molecular weight is 336 g/mol. The minimum Gasteiger partial charge on any atom is -0.491 e. The van der Waals surface area contributed by atoms with Crippen molar-refractivity contribution in [1.29, 1.82) is 0 Å². The molecule has 0 spiro atoms. The molecule has 2 N–H and O–H groups in total. The Balaban J connectivity index is 1.80. The van der Waals surface area contributed by atoms with Crippen LogP contribution in [-0.4, -0.2) is 17.0 Å². The van der Waals surface area contributed by atoms with Gasteiger partial charge in [0.2, 0.25) is 5.91 Å². The van der Waals surface area contributed by atoms with Crippen molar-refractivity contribution in [3.8, 4) is 5.75 Å². The first-order chi connectivity index (χ1) is 11.9. The zero-order chi connectivity index (χ0) is 18.0. The van der Waals surface area contributed by atoms with Crippen LogP contribution in [0.2, 0.25) is 0 Å². The van der Waals surface area contributed by atoms with Crippen molar-refractivity contribution in [2.24, 2.45) is 0 Å². The van der Waals surface area contributed by atoms with Crippen LogP contribution in [0, 0.1) is 0 Å². The minimum absolute atomic E-state index is 0.0465. The zero-order valence-electron chi connectivity index (χ0n) is 15.1. The van der Waals surface area contributed by atoms with Crippen molar-refractivity contribution in [3.63, 3.8) is 0 Å². The fourth-order valence-corrected chi connectivity index (χ4v) is 2.89. The number of carbonyl (C=O) groups excluding carboxylic acids is 1. The van der Waals surface area contributed by atoms with E-state index < -0.39 is 5.41 Å². The van der Waals surface area contributed by atoms with E-state index in [9.17, 15) is 4.79 Å². The Morgan fingerprint density at radius 2 is 1.76 bits per heavy atom. The average Bonchev–Trinajstić information content (AvgIpc) is 3.01. The van der Waals surface area contributed by atoms with Crippen LogP contribution >= 0.6 is 0 Å². The Labute approximate surface area is 148 Å². The smallest absolute Gasteiger partial charge is 0.234 e. The Morgan fingerprint density at radius 3 is 2.44 bits per heavy atom. The van der Waals surface area contributed by atoms with Crippen LogP contribution in [0.4, 0.5) is 5.69 Å². The highest BCUT2D eigenvalue weighted by Crippen LogP contribution is 2.31. The highest BCUT2D eigenvalue weighted by atomic mass is 16.5. The summed E-state index contributed by atoms with van der Waals surface area (Å²) in [7, 11) is 0. The molecule has 0 bridgehead atoms. The second-order valence-electron chi connectivity index (χ2n) is 7.02. The van der Waals surface area contributed by atoms with Crippen molar-refractivity contribution in [1.82, 2.24) is 4.98 Å². The summed E-state index contributed by atoms with van der Waals surface area (Å²) in [5.41, 5.74) is 2.12. The predicted octanol–water partition coefficient (Wildman–Crippen LogP) is 4.87. The molecule has 1 heterocycles. The number of carbonyl (C=O) groups is 1. The largest absolute Gasteiger partial charge is 0.491 e. The summed E-state index contributed by atoms with van der Waals surface area (Å²) in [4.78, 5) is 16.1. The molecule has 4 heteroatoms. The fourth-order valence-electron chi connectivity index (χ4n) is 2.89. The van der Waals surface area contributed by atoms with Gasteiger partial charge in [-0.1, -0.05) is 18.2 Å². The second-order valence-corrected chi connectivity index (χ2v) is 7.02. The van der Waals surface area contributed by atoms with Crippen LogP contribution in [0.3, 0.4) is 0 Å². The van der Waals surface area contributed by atoms with E-state index in [0.717, 1.165) is 27.9 Å². The lowest BCUT2D eigenvalue weighted by atomic mass is 9.83. The highest BCUT2D eigenvalue weighted by Gasteiger charge is 2.32. The van der Waals surface area contributed by atoms with E-state index in [-0.39, 0.29) is 12.0 Å². The molecule has 0 aliphatic rings. The maximum atomic E-state index is 12.9. The number of nitrogens with one attached hydrogen (secondary N) is 2. The van der Waals surface area contributed by atoms with Gasteiger partial charge in [0.15, 0.2) is 0 Å². The molecular weight excluding hydrogens is 312 g/mol. The lowest BCUT2D eigenvalue weighted by Crippen LogP contribution is -2.34. The molecule has 0 aliphatic heterocycles. The first kappa shape index (κ1) is 17.1. The molecule has 1 amide bonds. The Hall–Kier alpha value is -2.75. The van der Waals surface area contributed by atoms with Crippen molar-refractivity contribution in [2.45, 2.75) is 39.2 Å². The van der Waals surface area contributed by atoms with E-state index in [4.69, 9.17) is 4.74 Å². The Bertz CT molecular complexity index is 876. The number of benzene rings is 2. The molecule has 0 aliphatic carbocycles. The van der Waals surface area contributed by atoms with E-state index in [0.29, 0.717) is 0 Å². The predicted molar refractivity (Wildman–Crippen MR) is 102 cm³/mol. The molecule has 0 radical (unpaired) electrons. The third-order valence-electron chi connectivity index (χ3n) is 4.31. The second kappa shape index (κ2) is 6.63. The number of para-hydroxylation sites is 1. The Kier molecular flexibility index (Phi) is 4.53. The van der Waals surface area contributed by atoms with Gasteiger partial charge < -0.3 is 15.0 Å². The quantitative estimate of drug-likeness (QED) is 0.698. The molecule has 4 nitrogen and oxygen atoms in total. The maximum absolute atomic E-state index is 12.9. The third-order valence-corrected chi connectivity index (χ3v) is 4.31. The number of hydrogen-bond acceptors (Lipinski definition) is 2. The van der Waals surface area contributed by atoms with Gasteiger partial charge in [-0.05, 0) is 63.6 Å². The van der Waals surface area contributed by atoms with Gasteiger partial charge >= 0.3 is 0 Å². The first-order valence-electron chi connectivity index (χ1n) is 8.52. The van der Waals surface area contributed by atoms with E-state index in [1.54, 1.807) is 0 Å². The SMILES string of the molecule is CC(C)Oc1ccc(NC(=O)C(C)(C)c2c[nH]c3ccccc23)cc1. The molecule has 1 aromatic heterocycles. The number of fused-ring (bicyclic) bond motifs is 1. The number of aromatic amines is 1. The number of H-pyrrole nitrogens is 1. The summed E-state index contributed by atoms with van der Waals surface area (Å²) in [6.07, 6.45) is 2.05. The van der Waals surface area contributed by atoms with Crippen LogP contribution in [-0.2, 0) is 10.2 Å². The molecule has 0 saturated carbocycles. The van der Waals surface area contributed by atoms with Crippen LogP contribution in [0.25, 0.3) is 10.9 Å². The van der Waals surface area contributed by atoms with Gasteiger partial charge in [0.25, 0.3) is 0 Å². The zero-order valence-corrected chi connectivity index (χ0v) is 15.1. The number of aromatic nitrogens is 1. The first-order valence-corrected chi connectivity index (χ1v) is 8.52. The van der Waals surface area contributed by atoms with Crippen LogP contribution < -0.4 is 10.1 Å². The number of amides is 1. The van der Waals surface area contributed by atoms with Crippen LogP contribution in [0.5, 0.6) is 5.75 Å². The van der Waals surface area contributed by atoms with Gasteiger partial charge in [-0.25, -0.2) is 0 Å². The minimum atomic E-state index is -0.660. The van der Waals surface area contributed by atoms with Gasteiger partial charge in [0, 0.05) is 22.8 Å². The van der Waals surface area contributed by atoms with Gasteiger partial charge in [0.05, 0.1) is 11.5 Å².